The number of rotatable bonds is 3. The first-order chi connectivity index (χ1) is 9.84. The molecule has 0 fully saturated rings. The fourth-order valence-corrected chi connectivity index (χ4v) is 6.03. The molecular weight excluding hydrogens is 324 g/mol. The van der Waals surface area contributed by atoms with Gasteiger partial charge >= 0.3 is 0 Å². The Morgan fingerprint density at radius 1 is 0.900 bits per heavy atom. The lowest BCUT2D eigenvalue weighted by molar-refractivity contribution is 0.104. The summed E-state index contributed by atoms with van der Waals surface area (Å²) in [6, 6.07) is 10.1. The van der Waals surface area contributed by atoms with Crippen LogP contribution in [0.4, 0.5) is 0 Å². The molecule has 20 heavy (non-hydrogen) atoms. The van der Waals surface area contributed by atoms with Crippen LogP contribution in [0.2, 0.25) is 0 Å². The van der Waals surface area contributed by atoms with E-state index in [2.05, 4.69) is 22.9 Å². The molecule has 0 bridgehead atoms. The van der Waals surface area contributed by atoms with Crippen LogP contribution in [0.1, 0.15) is 15.2 Å². The third-order valence-electron chi connectivity index (χ3n) is 3.01. The zero-order chi connectivity index (χ0) is 13.5. The van der Waals surface area contributed by atoms with Crippen molar-refractivity contribution >= 4 is 60.5 Å². The first-order valence-corrected chi connectivity index (χ1v) is 9.42. The molecule has 0 saturated carbocycles. The van der Waals surface area contributed by atoms with Gasteiger partial charge < -0.3 is 0 Å². The van der Waals surface area contributed by atoms with Crippen LogP contribution in [0.15, 0.2) is 46.5 Å². The van der Waals surface area contributed by atoms with Gasteiger partial charge in [-0.15, -0.1) is 45.3 Å². The second-order valence-electron chi connectivity index (χ2n) is 4.20. The molecule has 0 unspecified atom stereocenters. The molecule has 0 saturated heterocycles. The minimum absolute atomic E-state index is 0.150. The van der Waals surface area contributed by atoms with Crippen molar-refractivity contribution in [3.8, 4) is 9.75 Å². The van der Waals surface area contributed by atoms with Crippen molar-refractivity contribution in [1.29, 1.82) is 0 Å². The number of carbonyl (C=O) groups excluding carboxylic acids is 1. The lowest BCUT2D eigenvalue weighted by atomic mass is 10.1. The van der Waals surface area contributed by atoms with Gasteiger partial charge in [-0.2, -0.15) is 0 Å². The van der Waals surface area contributed by atoms with E-state index in [0.29, 0.717) is 0 Å². The Kier molecular flexibility index (Phi) is 3.07. The van der Waals surface area contributed by atoms with E-state index >= 15 is 0 Å². The van der Waals surface area contributed by atoms with Crippen molar-refractivity contribution in [1.82, 2.24) is 0 Å². The van der Waals surface area contributed by atoms with E-state index in [9.17, 15) is 4.79 Å². The molecular formula is C15H8OS4. The monoisotopic (exact) mass is 332 g/mol. The third kappa shape index (κ3) is 1.90. The molecule has 0 atom stereocenters. The van der Waals surface area contributed by atoms with Crippen molar-refractivity contribution in [2.75, 3.05) is 0 Å². The fraction of sp³-hybridized carbons (Fsp3) is 0. The second-order valence-corrected chi connectivity index (χ2v) is 8.07. The normalized spacial score (nSPS) is 11.2. The van der Waals surface area contributed by atoms with Gasteiger partial charge in [0.05, 0.1) is 20.0 Å². The molecule has 1 nitrogen and oxygen atoms in total. The highest BCUT2D eigenvalue weighted by Crippen LogP contribution is 2.43. The average Bonchev–Trinajstić information content (AvgIpc) is 3.20. The summed E-state index contributed by atoms with van der Waals surface area (Å²) in [5, 5.41) is 6.07. The smallest absolute Gasteiger partial charge is 0.205 e. The van der Waals surface area contributed by atoms with Crippen molar-refractivity contribution in [2.24, 2.45) is 0 Å². The fourth-order valence-electron chi connectivity index (χ4n) is 2.14. The predicted molar refractivity (Wildman–Crippen MR) is 90.8 cm³/mol. The van der Waals surface area contributed by atoms with Crippen molar-refractivity contribution in [2.45, 2.75) is 0 Å². The minimum atomic E-state index is 0.150. The summed E-state index contributed by atoms with van der Waals surface area (Å²) in [4.78, 5) is 15.9. The van der Waals surface area contributed by atoms with Crippen LogP contribution < -0.4 is 0 Å². The Balaban J connectivity index is 1.99. The summed E-state index contributed by atoms with van der Waals surface area (Å²) in [5.74, 6) is 0.150. The van der Waals surface area contributed by atoms with Gasteiger partial charge in [0, 0.05) is 9.58 Å². The molecule has 0 aromatic carbocycles. The summed E-state index contributed by atoms with van der Waals surface area (Å²) < 4.78 is 2.33. The van der Waals surface area contributed by atoms with Crippen LogP contribution in [0.3, 0.4) is 0 Å². The molecule has 0 aliphatic carbocycles. The van der Waals surface area contributed by atoms with E-state index in [1.807, 2.05) is 23.6 Å². The molecule has 0 N–H and O–H groups in total. The average molecular weight is 332 g/mol. The molecule has 0 aliphatic rings. The number of fused-ring (bicyclic) bond motifs is 1. The molecule has 98 valence electrons. The van der Waals surface area contributed by atoms with Crippen molar-refractivity contribution < 1.29 is 4.79 Å². The number of ketones is 1. The van der Waals surface area contributed by atoms with Crippen LogP contribution >= 0.6 is 45.3 Å². The zero-order valence-corrected chi connectivity index (χ0v) is 13.4. The highest BCUT2D eigenvalue weighted by atomic mass is 32.1. The first-order valence-electron chi connectivity index (χ1n) is 5.96. The Bertz CT molecular complexity index is 863. The van der Waals surface area contributed by atoms with Gasteiger partial charge in [-0.1, -0.05) is 12.1 Å². The van der Waals surface area contributed by atoms with Crippen molar-refractivity contribution in [3.05, 3.63) is 56.9 Å². The van der Waals surface area contributed by atoms with Crippen LogP contribution in [0.5, 0.6) is 0 Å². The Hall–Kier alpha value is -1.27. The molecule has 4 aromatic heterocycles. The van der Waals surface area contributed by atoms with Gasteiger partial charge in [-0.25, -0.2) is 0 Å². The topological polar surface area (TPSA) is 17.1 Å². The van der Waals surface area contributed by atoms with Gasteiger partial charge in [0.1, 0.15) is 0 Å². The zero-order valence-electron chi connectivity index (χ0n) is 10.2. The second kappa shape index (κ2) is 4.93. The van der Waals surface area contributed by atoms with E-state index in [1.165, 1.54) is 20.9 Å². The molecule has 4 heterocycles. The Labute approximate surface area is 131 Å². The molecule has 4 aromatic rings. The van der Waals surface area contributed by atoms with Gasteiger partial charge in [0.25, 0.3) is 0 Å². The van der Waals surface area contributed by atoms with E-state index in [1.54, 1.807) is 34.0 Å². The maximum atomic E-state index is 12.8. The number of hydrogen-bond donors (Lipinski definition) is 0. The molecule has 0 aliphatic heterocycles. The predicted octanol–water partition coefficient (Wildman–Crippen LogP) is 5.98. The number of hydrogen-bond acceptors (Lipinski definition) is 5. The third-order valence-corrected chi connectivity index (χ3v) is 7.15. The van der Waals surface area contributed by atoms with Crippen LogP contribution in [0, 0.1) is 0 Å². The summed E-state index contributed by atoms with van der Waals surface area (Å²) in [5.41, 5.74) is 0.880. The summed E-state index contributed by atoms with van der Waals surface area (Å²) in [6.07, 6.45) is 0. The number of thiophene rings is 4. The Morgan fingerprint density at radius 2 is 1.75 bits per heavy atom. The Morgan fingerprint density at radius 3 is 2.50 bits per heavy atom. The van der Waals surface area contributed by atoms with E-state index in [0.717, 1.165) is 20.0 Å². The SMILES string of the molecule is O=C(c1cccs1)c1c(-c2cccs2)sc2ccsc12. The summed E-state index contributed by atoms with van der Waals surface area (Å²) >= 11 is 6.57. The lowest BCUT2D eigenvalue weighted by Gasteiger charge is -2.00. The van der Waals surface area contributed by atoms with E-state index in [4.69, 9.17) is 0 Å². The van der Waals surface area contributed by atoms with Crippen molar-refractivity contribution in [3.63, 3.8) is 0 Å². The molecule has 4 rings (SSSR count). The highest BCUT2D eigenvalue weighted by Gasteiger charge is 2.23. The molecule has 0 spiro atoms. The van der Waals surface area contributed by atoms with Crippen LogP contribution in [0.25, 0.3) is 19.2 Å². The number of carbonyl (C=O) groups is 1. The van der Waals surface area contributed by atoms with Gasteiger partial charge in [0.15, 0.2) is 0 Å². The summed E-state index contributed by atoms with van der Waals surface area (Å²) in [7, 11) is 0. The van der Waals surface area contributed by atoms with Crippen LogP contribution in [-0.2, 0) is 0 Å². The van der Waals surface area contributed by atoms with E-state index < -0.39 is 0 Å². The maximum absolute atomic E-state index is 12.8. The summed E-state index contributed by atoms with van der Waals surface area (Å²) in [6.45, 7) is 0. The largest absolute Gasteiger partial charge is 0.288 e. The minimum Gasteiger partial charge on any atom is -0.288 e. The molecule has 0 amide bonds. The van der Waals surface area contributed by atoms with Crippen LogP contribution in [-0.4, -0.2) is 5.78 Å². The molecule has 0 radical (unpaired) electrons. The van der Waals surface area contributed by atoms with Gasteiger partial charge in [-0.05, 0) is 34.3 Å². The van der Waals surface area contributed by atoms with Gasteiger partial charge in [-0.3, -0.25) is 4.79 Å². The lowest BCUT2D eigenvalue weighted by Crippen LogP contribution is -1.98. The highest BCUT2D eigenvalue weighted by molar-refractivity contribution is 7.31. The first kappa shape index (κ1) is 12.5. The van der Waals surface area contributed by atoms with E-state index in [-0.39, 0.29) is 5.78 Å². The molecule has 5 heteroatoms. The van der Waals surface area contributed by atoms with Gasteiger partial charge in [0.2, 0.25) is 5.78 Å². The standard InChI is InChI=1S/C15H8OS4/c16-13(9-3-1-6-17-9)12-14-11(5-8-19-14)20-15(12)10-4-2-7-18-10/h1-8H. The quantitative estimate of drug-likeness (QED) is 0.422. The maximum Gasteiger partial charge on any atom is 0.205 e.